The third-order valence-corrected chi connectivity index (χ3v) is 3.74. The normalized spacial score (nSPS) is 30.7. The van der Waals surface area contributed by atoms with Crippen LogP contribution in [0.3, 0.4) is 0 Å². The molecule has 2 aliphatic rings. The van der Waals surface area contributed by atoms with Crippen molar-refractivity contribution in [3.05, 3.63) is 0 Å². The summed E-state index contributed by atoms with van der Waals surface area (Å²) >= 11 is 0. The molecule has 0 radical (unpaired) electrons. The second-order valence-electron chi connectivity index (χ2n) is 4.92. The molecule has 1 heterocycles. The fourth-order valence-electron chi connectivity index (χ4n) is 2.72. The second-order valence-corrected chi connectivity index (χ2v) is 4.92. The number of nitrogens with two attached hydrogens (primary N) is 1. The van der Waals surface area contributed by atoms with E-state index in [-0.39, 0.29) is 37.2 Å². The molecule has 1 aliphatic heterocycles. The van der Waals surface area contributed by atoms with Crippen LogP contribution in [0, 0.1) is 0 Å². The number of rotatable bonds is 1. The first-order valence-corrected chi connectivity index (χ1v) is 5.94. The van der Waals surface area contributed by atoms with Crippen molar-refractivity contribution in [2.75, 3.05) is 33.2 Å². The highest BCUT2D eigenvalue weighted by Crippen LogP contribution is 2.22. The zero-order valence-corrected chi connectivity index (χ0v) is 13.0. The lowest BCUT2D eigenvalue weighted by Gasteiger charge is -2.40. The maximum absolute atomic E-state index is 6.02. The SMILES string of the molecule is CN1CCN([C@@H]2CCC[C@H](N)C2)CC1.Cl.Cl.Cl. The Morgan fingerprint density at radius 2 is 1.53 bits per heavy atom. The summed E-state index contributed by atoms with van der Waals surface area (Å²) in [5.41, 5.74) is 6.02. The van der Waals surface area contributed by atoms with Crippen LogP contribution in [0.5, 0.6) is 0 Å². The van der Waals surface area contributed by atoms with Crippen molar-refractivity contribution in [3.8, 4) is 0 Å². The lowest BCUT2D eigenvalue weighted by molar-refractivity contribution is 0.0869. The van der Waals surface area contributed by atoms with Gasteiger partial charge in [0.15, 0.2) is 0 Å². The third kappa shape index (κ3) is 5.95. The largest absolute Gasteiger partial charge is 0.328 e. The molecule has 3 nitrogen and oxygen atoms in total. The Morgan fingerprint density at radius 1 is 0.941 bits per heavy atom. The van der Waals surface area contributed by atoms with Gasteiger partial charge in [0.05, 0.1) is 0 Å². The van der Waals surface area contributed by atoms with E-state index >= 15 is 0 Å². The molecule has 0 aromatic carbocycles. The molecule has 0 aromatic rings. The van der Waals surface area contributed by atoms with Gasteiger partial charge in [-0.2, -0.15) is 0 Å². The first-order chi connectivity index (χ1) is 6.75. The van der Waals surface area contributed by atoms with E-state index < -0.39 is 0 Å². The van der Waals surface area contributed by atoms with Crippen molar-refractivity contribution in [3.63, 3.8) is 0 Å². The van der Waals surface area contributed by atoms with Crippen LogP contribution in [0.2, 0.25) is 0 Å². The third-order valence-electron chi connectivity index (χ3n) is 3.74. The Balaban J connectivity index is 0. The summed E-state index contributed by atoms with van der Waals surface area (Å²) in [6.07, 6.45) is 5.17. The molecule has 0 bridgehead atoms. The van der Waals surface area contributed by atoms with Crippen LogP contribution in [0.4, 0.5) is 0 Å². The Morgan fingerprint density at radius 3 is 2.06 bits per heavy atom. The van der Waals surface area contributed by atoms with E-state index in [0.29, 0.717) is 6.04 Å². The number of nitrogens with zero attached hydrogens (tertiary/aromatic N) is 2. The topological polar surface area (TPSA) is 32.5 Å². The van der Waals surface area contributed by atoms with Gasteiger partial charge in [0.1, 0.15) is 0 Å². The van der Waals surface area contributed by atoms with Crippen LogP contribution in [0.1, 0.15) is 25.7 Å². The summed E-state index contributed by atoms with van der Waals surface area (Å²) in [6, 6.07) is 1.25. The molecule has 0 unspecified atom stereocenters. The van der Waals surface area contributed by atoms with Gasteiger partial charge in [-0.25, -0.2) is 0 Å². The zero-order valence-electron chi connectivity index (χ0n) is 10.5. The number of hydrogen-bond donors (Lipinski definition) is 1. The minimum absolute atomic E-state index is 0. The van der Waals surface area contributed by atoms with Gasteiger partial charge < -0.3 is 10.6 Å². The molecule has 106 valence electrons. The minimum atomic E-state index is 0. The van der Waals surface area contributed by atoms with Gasteiger partial charge in [0, 0.05) is 38.3 Å². The van der Waals surface area contributed by atoms with E-state index in [2.05, 4.69) is 16.8 Å². The molecule has 1 saturated heterocycles. The van der Waals surface area contributed by atoms with E-state index in [0.717, 1.165) is 6.04 Å². The molecule has 0 aromatic heterocycles. The summed E-state index contributed by atoms with van der Waals surface area (Å²) in [4.78, 5) is 5.07. The van der Waals surface area contributed by atoms with Gasteiger partial charge in [-0.15, -0.1) is 37.2 Å². The second kappa shape index (κ2) is 9.65. The first-order valence-electron chi connectivity index (χ1n) is 5.94. The van der Waals surface area contributed by atoms with Gasteiger partial charge in [-0.1, -0.05) is 6.42 Å². The molecule has 1 aliphatic carbocycles. The summed E-state index contributed by atoms with van der Waals surface area (Å²) < 4.78 is 0. The van der Waals surface area contributed by atoms with Gasteiger partial charge in [0.2, 0.25) is 0 Å². The van der Waals surface area contributed by atoms with Crippen LogP contribution in [-0.4, -0.2) is 55.1 Å². The molecule has 2 rings (SSSR count). The molecular formula is C11H26Cl3N3. The van der Waals surface area contributed by atoms with Gasteiger partial charge in [-0.3, -0.25) is 4.90 Å². The Labute approximate surface area is 124 Å². The van der Waals surface area contributed by atoms with E-state index in [1.54, 1.807) is 0 Å². The van der Waals surface area contributed by atoms with Gasteiger partial charge in [0.25, 0.3) is 0 Å². The fraction of sp³-hybridized carbons (Fsp3) is 1.00. The van der Waals surface area contributed by atoms with Crippen LogP contribution >= 0.6 is 37.2 Å². The van der Waals surface area contributed by atoms with Gasteiger partial charge in [-0.05, 0) is 26.3 Å². The summed E-state index contributed by atoms with van der Waals surface area (Å²) in [5, 5.41) is 0. The number of hydrogen-bond acceptors (Lipinski definition) is 3. The van der Waals surface area contributed by atoms with Crippen molar-refractivity contribution in [2.45, 2.75) is 37.8 Å². The fourth-order valence-corrected chi connectivity index (χ4v) is 2.72. The monoisotopic (exact) mass is 305 g/mol. The van der Waals surface area contributed by atoms with Crippen molar-refractivity contribution < 1.29 is 0 Å². The van der Waals surface area contributed by atoms with Crippen LogP contribution in [0.15, 0.2) is 0 Å². The molecule has 1 saturated carbocycles. The summed E-state index contributed by atoms with van der Waals surface area (Å²) in [6.45, 7) is 4.94. The first kappa shape index (κ1) is 20.1. The lowest BCUT2D eigenvalue weighted by Crippen LogP contribution is -2.51. The average molecular weight is 307 g/mol. The maximum atomic E-state index is 6.02. The van der Waals surface area contributed by atoms with E-state index in [1.165, 1.54) is 51.9 Å². The molecule has 0 spiro atoms. The van der Waals surface area contributed by atoms with Crippen LogP contribution in [-0.2, 0) is 0 Å². The Kier molecular flexibility index (Phi) is 11.4. The molecule has 2 atom stereocenters. The summed E-state index contributed by atoms with van der Waals surface area (Å²) in [7, 11) is 2.21. The van der Waals surface area contributed by atoms with E-state index in [9.17, 15) is 0 Å². The van der Waals surface area contributed by atoms with Crippen LogP contribution in [0.25, 0.3) is 0 Å². The number of halogens is 3. The van der Waals surface area contributed by atoms with Crippen molar-refractivity contribution >= 4 is 37.2 Å². The highest BCUT2D eigenvalue weighted by Gasteiger charge is 2.26. The molecule has 2 N–H and O–H groups in total. The highest BCUT2D eigenvalue weighted by molar-refractivity contribution is 5.86. The minimum Gasteiger partial charge on any atom is -0.328 e. The lowest BCUT2D eigenvalue weighted by atomic mass is 9.90. The van der Waals surface area contributed by atoms with Crippen molar-refractivity contribution in [1.82, 2.24) is 9.80 Å². The predicted octanol–water partition coefficient (Wildman–Crippen LogP) is 1.77. The Hall–Kier alpha value is 0.750. The van der Waals surface area contributed by atoms with E-state index in [1.807, 2.05) is 0 Å². The Bertz CT molecular complexity index is 187. The highest BCUT2D eigenvalue weighted by atomic mass is 35.5. The standard InChI is InChI=1S/C11H23N3.3ClH/c1-13-5-7-14(8-6-13)11-4-2-3-10(12)9-11;;;/h10-11H,2-9,12H2,1H3;3*1H/t10-,11+;;;/m0.../s1. The summed E-state index contributed by atoms with van der Waals surface area (Å²) in [5.74, 6) is 0. The number of likely N-dealkylation sites (N-methyl/N-ethyl adjacent to an activating group) is 1. The predicted molar refractivity (Wildman–Crippen MR) is 81.0 cm³/mol. The van der Waals surface area contributed by atoms with Crippen molar-refractivity contribution in [1.29, 1.82) is 0 Å². The molecular weight excluding hydrogens is 281 g/mol. The maximum Gasteiger partial charge on any atom is 0.0113 e. The smallest absolute Gasteiger partial charge is 0.0113 e. The molecule has 17 heavy (non-hydrogen) atoms. The van der Waals surface area contributed by atoms with Crippen molar-refractivity contribution in [2.24, 2.45) is 5.73 Å². The van der Waals surface area contributed by atoms with Gasteiger partial charge >= 0.3 is 0 Å². The quantitative estimate of drug-likeness (QED) is 0.801. The van der Waals surface area contributed by atoms with E-state index in [4.69, 9.17) is 5.73 Å². The zero-order chi connectivity index (χ0) is 9.97. The molecule has 6 heteroatoms. The molecule has 0 amide bonds. The molecule has 2 fully saturated rings. The van der Waals surface area contributed by atoms with Crippen LogP contribution < -0.4 is 5.73 Å². The average Bonchev–Trinajstić information content (AvgIpc) is 2.19. The number of piperazine rings is 1.